The van der Waals surface area contributed by atoms with E-state index < -0.39 is 0 Å². The molecule has 0 saturated carbocycles. The fraction of sp³-hybridized carbons (Fsp3) is 0.136. The molecule has 0 unspecified atom stereocenters. The van der Waals surface area contributed by atoms with Crippen LogP contribution in [0.15, 0.2) is 71.7 Å². The summed E-state index contributed by atoms with van der Waals surface area (Å²) in [7, 11) is 1.67. The predicted molar refractivity (Wildman–Crippen MR) is 99.5 cm³/mol. The minimum atomic E-state index is 0.849. The van der Waals surface area contributed by atoms with Crippen molar-refractivity contribution in [3.8, 4) is 16.9 Å². The van der Waals surface area contributed by atoms with E-state index in [9.17, 15) is 0 Å². The summed E-state index contributed by atoms with van der Waals surface area (Å²) in [4.78, 5) is 4.56. The van der Waals surface area contributed by atoms with Gasteiger partial charge in [0.1, 0.15) is 5.75 Å². The number of ether oxygens (including phenoxy) is 1. The van der Waals surface area contributed by atoms with Crippen LogP contribution >= 0.6 is 0 Å². The molecule has 0 fully saturated rings. The van der Waals surface area contributed by atoms with Crippen molar-refractivity contribution in [2.45, 2.75) is 12.8 Å². The van der Waals surface area contributed by atoms with Gasteiger partial charge in [-0.2, -0.15) is 0 Å². The lowest BCUT2D eigenvalue weighted by atomic mass is 9.85. The van der Waals surface area contributed by atoms with Crippen LogP contribution < -0.4 is 4.74 Å². The lowest BCUT2D eigenvalue weighted by Crippen LogP contribution is -2.04. The third-order valence-corrected chi connectivity index (χ3v) is 4.54. The van der Waals surface area contributed by atoms with Crippen molar-refractivity contribution in [3.05, 3.63) is 83.4 Å². The Morgan fingerprint density at radius 3 is 2.42 bits per heavy atom. The second-order valence-electron chi connectivity index (χ2n) is 6.03. The molecule has 0 saturated heterocycles. The minimum absolute atomic E-state index is 0.849. The Kier molecular flexibility index (Phi) is 3.87. The molecule has 2 nitrogen and oxygen atoms in total. The Hall–Kier alpha value is -2.87. The molecule has 0 spiro atoms. The van der Waals surface area contributed by atoms with Crippen LogP contribution in [0.2, 0.25) is 0 Å². The number of aryl methyl sites for hydroxylation is 2. The first kappa shape index (κ1) is 14.7. The number of aliphatic imine (C=N–C) groups is 1. The van der Waals surface area contributed by atoms with Gasteiger partial charge in [0.25, 0.3) is 0 Å². The van der Waals surface area contributed by atoms with Crippen LogP contribution in [0.4, 0.5) is 5.69 Å². The second kappa shape index (κ2) is 6.32. The van der Waals surface area contributed by atoms with Crippen LogP contribution in [0.25, 0.3) is 11.1 Å². The van der Waals surface area contributed by atoms with E-state index in [1.165, 1.54) is 22.3 Å². The normalized spacial score (nSPS) is 12.7. The predicted octanol–water partition coefficient (Wildman–Crippen LogP) is 5.21. The number of benzene rings is 3. The van der Waals surface area contributed by atoms with Gasteiger partial charge in [0.15, 0.2) is 0 Å². The van der Waals surface area contributed by atoms with Gasteiger partial charge in [-0.15, -0.1) is 0 Å². The van der Waals surface area contributed by atoms with Crippen LogP contribution in [0.1, 0.15) is 16.7 Å². The fourth-order valence-electron chi connectivity index (χ4n) is 3.25. The number of nitrogens with zero attached hydrogens (tertiary/aromatic N) is 1. The van der Waals surface area contributed by atoms with Crippen LogP contribution in [0.5, 0.6) is 5.75 Å². The molecule has 0 atom stereocenters. The lowest BCUT2D eigenvalue weighted by Gasteiger charge is -2.20. The van der Waals surface area contributed by atoms with Crippen molar-refractivity contribution in [2.24, 2.45) is 4.99 Å². The lowest BCUT2D eigenvalue weighted by molar-refractivity contribution is 0.415. The molecule has 118 valence electrons. The van der Waals surface area contributed by atoms with Crippen molar-refractivity contribution in [1.82, 2.24) is 0 Å². The molecule has 0 radical (unpaired) electrons. The van der Waals surface area contributed by atoms with Crippen molar-refractivity contribution >= 4 is 11.9 Å². The van der Waals surface area contributed by atoms with Crippen molar-refractivity contribution in [1.29, 1.82) is 0 Å². The second-order valence-corrected chi connectivity index (χ2v) is 6.03. The first-order valence-corrected chi connectivity index (χ1v) is 8.23. The van der Waals surface area contributed by atoms with Gasteiger partial charge in [0.2, 0.25) is 0 Å². The van der Waals surface area contributed by atoms with Gasteiger partial charge >= 0.3 is 0 Å². The Morgan fingerprint density at radius 2 is 1.58 bits per heavy atom. The van der Waals surface area contributed by atoms with Crippen molar-refractivity contribution < 1.29 is 4.74 Å². The van der Waals surface area contributed by atoms with Crippen molar-refractivity contribution in [3.63, 3.8) is 0 Å². The monoisotopic (exact) mass is 313 g/mol. The summed E-state index contributed by atoms with van der Waals surface area (Å²) in [5, 5.41) is 0. The minimum Gasteiger partial charge on any atom is -0.497 e. The molecule has 3 aromatic rings. The fourth-order valence-corrected chi connectivity index (χ4v) is 3.25. The van der Waals surface area contributed by atoms with E-state index in [1.54, 1.807) is 7.11 Å². The molecule has 0 amide bonds. The molecule has 0 bridgehead atoms. The highest BCUT2D eigenvalue weighted by Crippen LogP contribution is 2.33. The largest absolute Gasteiger partial charge is 0.497 e. The molecule has 4 rings (SSSR count). The Balaban J connectivity index is 1.61. The highest BCUT2D eigenvalue weighted by molar-refractivity contribution is 5.85. The quantitative estimate of drug-likeness (QED) is 0.608. The SMILES string of the molecule is COc1ccc(N=Cc2ccc3c(c2)CCc2ccccc2-3)cc1. The zero-order valence-corrected chi connectivity index (χ0v) is 13.7. The van der Waals surface area contributed by atoms with Gasteiger partial charge in [-0.05, 0) is 71.0 Å². The Morgan fingerprint density at radius 1 is 0.833 bits per heavy atom. The van der Waals surface area contributed by atoms with Gasteiger partial charge < -0.3 is 4.74 Å². The third-order valence-electron chi connectivity index (χ3n) is 4.54. The molecule has 24 heavy (non-hydrogen) atoms. The summed E-state index contributed by atoms with van der Waals surface area (Å²) in [6, 6.07) is 23.1. The van der Waals surface area contributed by atoms with Gasteiger partial charge in [0.05, 0.1) is 12.8 Å². The van der Waals surface area contributed by atoms with Gasteiger partial charge in [-0.1, -0.05) is 36.4 Å². The molecule has 0 N–H and O–H groups in total. The molecular weight excluding hydrogens is 294 g/mol. The van der Waals surface area contributed by atoms with E-state index in [0.29, 0.717) is 0 Å². The van der Waals surface area contributed by atoms with Gasteiger partial charge in [-0.25, -0.2) is 0 Å². The first-order valence-electron chi connectivity index (χ1n) is 8.23. The third kappa shape index (κ3) is 2.83. The smallest absolute Gasteiger partial charge is 0.119 e. The molecule has 1 aliphatic carbocycles. The standard InChI is InChI=1S/C22H19NO/c1-24-20-11-9-19(10-12-20)23-15-16-6-13-22-18(14-16)8-7-17-4-2-3-5-21(17)22/h2-6,9-15H,7-8H2,1H3. The maximum atomic E-state index is 5.17. The number of methoxy groups -OCH3 is 1. The number of hydrogen-bond acceptors (Lipinski definition) is 2. The molecule has 2 heteroatoms. The zero-order valence-electron chi connectivity index (χ0n) is 13.7. The van der Waals surface area contributed by atoms with E-state index >= 15 is 0 Å². The Labute approximate surface area is 142 Å². The topological polar surface area (TPSA) is 21.6 Å². The Bertz CT molecular complexity index is 894. The summed E-state index contributed by atoms with van der Waals surface area (Å²) >= 11 is 0. The molecule has 1 aliphatic rings. The van der Waals surface area contributed by atoms with Crippen LogP contribution in [-0.4, -0.2) is 13.3 Å². The maximum absolute atomic E-state index is 5.17. The average molecular weight is 313 g/mol. The van der Waals surface area contributed by atoms with E-state index in [4.69, 9.17) is 4.74 Å². The van der Waals surface area contributed by atoms with Crippen LogP contribution in [0, 0.1) is 0 Å². The first-order chi connectivity index (χ1) is 11.8. The number of hydrogen-bond donors (Lipinski definition) is 0. The molecule has 0 heterocycles. The van der Waals surface area contributed by atoms with Crippen LogP contribution in [-0.2, 0) is 12.8 Å². The average Bonchev–Trinajstić information content (AvgIpc) is 2.66. The molecular formula is C22H19NO. The van der Waals surface area contributed by atoms with Crippen LogP contribution in [0.3, 0.4) is 0 Å². The number of fused-ring (bicyclic) bond motifs is 3. The molecule has 0 aliphatic heterocycles. The summed E-state index contributed by atoms with van der Waals surface area (Å²) in [5.41, 5.74) is 7.66. The van der Waals surface area contributed by atoms with Crippen molar-refractivity contribution in [2.75, 3.05) is 7.11 Å². The summed E-state index contributed by atoms with van der Waals surface area (Å²) in [6.07, 6.45) is 4.14. The zero-order chi connectivity index (χ0) is 16.4. The van der Waals surface area contributed by atoms with E-state index in [2.05, 4.69) is 47.5 Å². The van der Waals surface area contributed by atoms with E-state index in [-0.39, 0.29) is 0 Å². The maximum Gasteiger partial charge on any atom is 0.119 e. The van der Waals surface area contributed by atoms with E-state index in [0.717, 1.165) is 29.8 Å². The molecule has 3 aromatic carbocycles. The summed E-state index contributed by atoms with van der Waals surface area (Å²) in [5.74, 6) is 0.849. The summed E-state index contributed by atoms with van der Waals surface area (Å²) < 4.78 is 5.17. The van der Waals surface area contributed by atoms with E-state index in [1.807, 2.05) is 30.5 Å². The van der Waals surface area contributed by atoms with Gasteiger partial charge in [-0.3, -0.25) is 4.99 Å². The highest BCUT2D eigenvalue weighted by atomic mass is 16.5. The number of rotatable bonds is 3. The molecule has 0 aromatic heterocycles. The van der Waals surface area contributed by atoms with Gasteiger partial charge in [0, 0.05) is 6.21 Å². The summed E-state index contributed by atoms with van der Waals surface area (Å²) in [6.45, 7) is 0. The highest BCUT2D eigenvalue weighted by Gasteiger charge is 2.15.